The second-order valence-corrected chi connectivity index (χ2v) is 6.71. The molecule has 0 fully saturated rings. The number of carboxylic acids is 1. The number of benzene rings is 1. The van der Waals surface area contributed by atoms with Crippen LogP contribution >= 0.6 is 0 Å². The summed E-state index contributed by atoms with van der Waals surface area (Å²) >= 11 is 0. The lowest BCUT2D eigenvalue weighted by molar-refractivity contribution is -0.139. The predicted molar refractivity (Wildman–Crippen MR) is 78.1 cm³/mol. The number of hydrogen-bond donors (Lipinski definition) is 2. The predicted octanol–water partition coefficient (Wildman–Crippen LogP) is 2.69. The summed E-state index contributed by atoms with van der Waals surface area (Å²) in [7, 11) is -3.86. The third kappa shape index (κ3) is 6.07. The molecule has 1 atom stereocenters. The molecule has 22 heavy (non-hydrogen) atoms. The third-order valence-electron chi connectivity index (χ3n) is 3.05. The van der Waals surface area contributed by atoms with Crippen LogP contribution in [-0.4, -0.2) is 25.5 Å². The van der Waals surface area contributed by atoms with E-state index in [0.717, 1.165) is 18.6 Å². The Morgan fingerprint density at radius 3 is 2.32 bits per heavy atom. The Bertz CT molecular complexity index is 587. The number of carboxylic acid groups (broad SMARTS) is 1. The van der Waals surface area contributed by atoms with Crippen molar-refractivity contribution in [1.82, 2.24) is 4.72 Å². The molecule has 0 saturated heterocycles. The van der Waals surface area contributed by atoms with Crippen LogP contribution in [0.15, 0.2) is 24.3 Å². The topological polar surface area (TPSA) is 83.5 Å². The second-order valence-electron chi connectivity index (χ2n) is 4.95. The van der Waals surface area contributed by atoms with Gasteiger partial charge in [0.05, 0.1) is 5.75 Å². The van der Waals surface area contributed by atoms with Crippen LogP contribution in [0.25, 0.3) is 0 Å². The minimum absolute atomic E-state index is 0.194. The molecule has 8 heteroatoms. The highest BCUT2D eigenvalue weighted by Gasteiger charge is 2.23. The first-order valence-electron chi connectivity index (χ1n) is 6.85. The quantitative estimate of drug-likeness (QED) is 0.727. The smallest absolute Gasteiger partial charge is 0.321 e. The van der Waals surface area contributed by atoms with E-state index in [4.69, 9.17) is 5.11 Å². The van der Waals surface area contributed by atoms with Crippen molar-refractivity contribution in [1.29, 1.82) is 0 Å². The molecule has 0 radical (unpaired) electrons. The highest BCUT2D eigenvalue weighted by Crippen LogP contribution is 2.19. The molecule has 1 aromatic carbocycles. The van der Waals surface area contributed by atoms with Gasteiger partial charge in [0, 0.05) is 5.56 Å². The molecule has 0 aliphatic heterocycles. The van der Waals surface area contributed by atoms with Gasteiger partial charge in [-0.1, -0.05) is 44.0 Å². The highest BCUT2D eigenvalue weighted by molar-refractivity contribution is 7.88. The van der Waals surface area contributed by atoms with Gasteiger partial charge in [-0.2, -0.15) is 0 Å². The lowest BCUT2D eigenvalue weighted by atomic mass is 10.1. The fourth-order valence-electron chi connectivity index (χ4n) is 1.88. The molecule has 1 rings (SSSR count). The molecule has 0 bridgehead atoms. The lowest BCUT2D eigenvalue weighted by Gasteiger charge is -2.14. The lowest BCUT2D eigenvalue weighted by Crippen LogP contribution is -2.41. The van der Waals surface area contributed by atoms with Crippen LogP contribution in [0.1, 0.15) is 43.7 Å². The molecule has 1 aromatic rings. The summed E-state index contributed by atoms with van der Waals surface area (Å²) in [4.78, 5) is 11.0. The van der Waals surface area contributed by atoms with Gasteiger partial charge in [-0.05, 0) is 12.0 Å². The molecular weight excluding hydrogens is 316 g/mol. The van der Waals surface area contributed by atoms with Crippen molar-refractivity contribution >= 4 is 16.0 Å². The Morgan fingerprint density at radius 2 is 1.86 bits per heavy atom. The van der Waals surface area contributed by atoms with Crippen LogP contribution in [0.3, 0.4) is 0 Å². The van der Waals surface area contributed by atoms with Gasteiger partial charge in [0.25, 0.3) is 6.43 Å². The van der Waals surface area contributed by atoms with Crippen LogP contribution in [0, 0.1) is 0 Å². The zero-order valence-electron chi connectivity index (χ0n) is 12.1. The Kier molecular flexibility index (Phi) is 6.89. The number of carbonyl (C=O) groups is 1. The average Bonchev–Trinajstić information content (AvgIpc) is 2.43. The van der Waals surface area contributed by atoms with Crippen molar-refractivity contribution in [3.63, 3.8) is 0 Å². The largest absolute Gasteiger partial charge is 0.480 e. The number of rotatable bonds is 9. The van der Waals surface area contributed by atoms with E-state index in [-0.39, 0.29) is 12.0 Å². The number of halogens is 2. The van der Waals surface area contributed by atoms with Crippen LogP contribution in [0.5, 0.6) is 0 Å². The molecule has 0 spiro atoms. The van der Waals surface area contributed by atoms with E-state index in [9.17, 15) is 22.0 Å². The molecule has 124 valence electrons. The second kappa shape index (κ2) is 8.19. The maximum Gasteiger partial charge on any atom is 0.321 e. The summed E-state index contributed by atoms with van der Waals surface area (Å²) in [6.07, 6.45) is -1.08. The first-order valence-corrected chi connectivity index (χ1v) is 8.50. The summed E-state index contributed by atoms with van der Waals surface area (Å²) < 4.78 is 50.9. The van der Waals surface area contributed by atoms with Gasteiger partial charge in [0.15, 0.2) is 0 Å². The molecule has 0 amide bonds. The van der Waals surface area contributed by atoms with E-state index in [1.54, 1.807) is 0 Å². The van der Waals surface area contributed by atoms with Gasteiger partial charge in [0.2, 0.25) is 10.0 Å². The van der Waals surface area contributed by atoms with Crippen molar-refractivity contribution in [2.24, 2.45) is 0 Å². The SMILES string of the molecule is CCCC[C@H](NS(=O)(=O)Cc1ccc(C(F)F)cc1)C(=O)O. The van der Waals surface area contributed by atoms with E-state index < -0.39 is 34.2 Å². The van der Waals surface area contributed by atoms with Crippen molar-refractivity contribution in [2.45, 2.75) is 44.4 Å². The Balaban J connectivity index is 2.75. The molecule has 0 unspecified atom stereocenters. The van der Waals surface area contributed by atoms with Crippen molar-refractivity contribution in [2.75, 3.05) is 0 Å². The zero-order chi connectivity index (χ0) is 16.8. The monoisotopic (exact) mass is 335 g/mol. The molecule has 0 aliphatic rings. The number of unbranched alkanes of at least 4 members (excludes halogenated alkanes) is 1. The average molecular weight is 335 g/mol. The summed E-state index contributed by atoms with van der Waals surface area (Å²) in [5, 5.41) is 9.02. The number of nitrogens with one attached hydrogen (secondary N) is 1. The maximum atomic E-state index is 12.4. The first-order chi connectivity index (χ1) is 10.2. The van der Waals surface area contributed by atoms with E-state index in [1.807, 2.05) is 6.92 Å². The fourth-order valence-corrected chi connectivity index (χ4v) is 3.25. The van der Waals surface area contributed by atoms with Crippen molar-refractivity contribution in [3.05, 3.63) is 35.4 Å². The molecule has 0 heterocycles. The highest BCUT2D eigenvalue weighted by atomic mass is 32.2. The molecule has 0 aromatic heterocycles. The minimum Gasteiger partial charge on any atom is -0.480 e. The van der Waals surface area contributed by atoms with E-state index in [1.165, 1.54) is 12.1 Å². The van der Waals surface area contributed by atoms with Crippen LogP contribution in [0.4, 0.5) is 8.78 Å². The normalized spacial score (nSPS) is 13.3. The van der Waals surface area contributed by atoms with Gasteiger partial charge in [-0.3, -0.25) is 4.79 Å². The third-order valence-corrected chi connectivity index (χ3v) is 4.41. The van der Waals surface area contributed by atoms with E-state index in [0.29, 0.717) is 12.0 Å². The number of hydrogen-bond acceptors (Lipinski definition) is 3. The number of sulfonamides is 1. The van der Waals surface area contributed by atoms with Crippen molar-refractivity contribution in [3.8, 4) is 0 Å². The molecular formula is C14H19F2NO4S. The first kappa shape index (κ1) is 18.5. The Labute approximate surface area is 128 Å². The standard InChI is InChI=1S/C14H19F2NO4S/c1-2-3-4-12(14(18)19)17-22(20,21)9-10-5-7-11(8-6-10)13(15)16/h5-8,12-13,17H,2-4,9H2,1H3,(H,18,19)/t12-/m0/s1. The van der Waals surface area contributed by atoms with E-state index >= 15 is 0 Å². The summed E-state index contributed by atoms with van der Waals surface area (Å²) in [6.45, 7) is 1.87. The van der Waals surface area contributed by atoms with Crippen LogP contribution < -0.4 is 4.72 Å². The van der Waals surface area contributed by atoms with E-state index in [2.05, 4.69) is 4.72 Å². The van der Waals surface area contributed by atoms with Gasteiger partial charge in [-0.25, -0.2) is 21.9 Å². The van der Waals surface area contributed by atoms with Gasteiger partial charge in [-0.15, -0.1) is 0 Å². The number of aliphatic carboxylic acids is 1. The molecule has 2 N–H and O–H groups in total. The van der Waals surface area contributed by atoms with Crippen LogP contribution in [-0.2, 0) is 20.6 Å². The molecule has 0 aliphatic carbocycles. The molecule has 5 nitrogen and oxygen atoms in total. The fraction of sp³-hybridized carbons (Fsp3) is 0.500. The number of alkyl halides is 2. The summed E-state index contributed by atoms with van der Waals surface area (Å²) in [5.74, 6) is -1.68. The van der Waals surface area contributed by atoms with Gasteiger partial charge >= 0.3 is 5.97 Å². The zero-order valence-corrected chi connectivity index (χ0v) is 12.9. The van der Waals surface area contributed by atoms with Crippen LogP contribution in [0.2, 0.25) is 0 Å². The molecule has 0 saturated carbocycles. The van der Waals surface area contributed by atoms with Gasteiger partial charge < -0.3 is 5.11 Å². The Hall–Kier alpha value is -1.54. The Morgan fingerprint density at radius 1 is 1.27 bits per heavy atom. The summed E-state index contributed by atoms with van der Waals surface area (Å²) in [6, 6.07) is 3.72. The van der Waals surface area contributed by atoms with Crippen molar-refractivity contribution < 1.29 is 27.1 Å². The van der Waals surface area contributed by atoms with Gasteiger partial charge in [0.1, 0.15) is 6.04 Å². The summed E-state index contributed by atoms with van der Waals surface area (Å²) in [5.41, 5.74) is 0.122. The maximum absolute atomic E-state index is 12.4. The minimum atomic E-state index is -3.86.